The van der Waals surface area contributed by atoms with E-state index in [1.807, 2.05) is 30.3 Å². The van der Waals surface area contributed by atoms with Crippen LogP contribution in [0.5, 0.6) is 0 Å². The molecule has 3 rings (SSSR count). The Morgan fingerprint density at radius 2 is 1.75 bits per heavy atom. The summed E-state index contributed by atoms with van der Waals surface area (Å²) in [6.07, 6.45) is 0. The molecule has 0 fully saturated rings. The Kier molecular flexibility index (Phi) is 3.15. The molecule has 0 atom stereocenters. The summed E-state index contributed by atoms with van der Waals surface area (Å²) in [5.74, 6) is -1.38. The SMILES string of the molecule is Fc1ccc(-c2n[nH]c(=S)n2-c2ccccc2)cc1F. The molecule has 0 saturated heterocycles. The summed E-state index contributed by atoms with van der Waals surface area (Å²) in [6, 6.07) is 12.9. The molecule has 0 radical (unpaired) electrons. The predicted octanol–water partition coefficient (Wildman–Crippen LogP) is 3.88. The highest BCUT2D eigenvalue weighted by Gasteiger charge is 2.12. The number of hydrogen-bond donors (Lipinski definition) is 1. The lowest BCUT2D eigenvalue weighted by atomic mass is 10.2. The second-order valence-electron chi connectivity index (χ2n) is 4.15. The van der Waals surface area contributed by atoms with Crippen LogP contribution in [0.2, 0.25) is 0 Å². The first-order valence-electron chi connectivity index (χ1n) is 5.85. The van der Waals surface area contributed by atoms with E-state index in [1.165, 1.54) is 6.07 Å². The van der Waals surface area contributed by atoms with Crippen molar-refractivity contribution in [2.45, 2.75) is 0 Å². The summed E-state index contributed by atoms with van der Waals surface area (Å²) in [4.78, 5) is 0. The molecule has 1 aromatic heterocycles. The Balaban J connectivity index is 2.21. The van der Waals surface area contributed by atoms with Gasteiger partial charge in [0.05, 0.1) is 0 Å². The van der Waals surface area contributed by atoms with Gasteiger partial charge in [-0.2, -0.15) is 5.10 Å². The molecule has 100 valence electrons. The fourth-order valence-electron chi connectivity index (χ4n) is 1.94. The second kappa shape index (κ2) is 4.97. The van der Waals surface area contributed by atoms with Gasteiger partial charge in [-0.3, -0.25) is 9.67 Å². The molecule has 0 spiro atoms. The molecule has 1 heterocycles. The van der Waals surface area contributed by atoms with Crippen molar-refractivity contribution in [1.29, 1.82) is 0 Å². The Bertz CT molecular complexity index is 809. The van der Waals surface area contributed by atoms with Crippen molar-refractivity contribution >= 4 is 12.2 Å². The van der Waals surface area contributed by atoms with Crippen molar-refractivity contribution in [3.05, 3.63) is 64.9 Å². The van der Waals surface area contributed by atoms with Crippen molar-refractivity contribution in [2.75, 3.05) is 0 Å². The zero-order valence-electron chi connectivity index (χ0n) is 10.2. The minimum atomic E-state index is -0.920. The van der Waals surface area contributed by atoms with Gasteiger partial charge in [0, 0.05) is 11.3 Å². The molecule has 0 bridgehead atoms. The number of halogens is 2. The lowest BCUT2D eigenvalue weighted by Gasteiger charge is -2.06. The normalized spacial score (nSPS) is 10.7. The largest absolute Gasteiger partial charge is 0.268 e. The highest BCUT2D eigenvalue weighted by Crippen LogP contribution is 2.23. The molecule has 0 amide bonds. The predicted molar refractivity (Wildman–Crippen MR) is 74.1 cm³/mol. The number of para-hydroxylation sites is 1. The molecule has 0 aliphatic heterocycles. The third kappa shape index (κ3) is 2.14. The van der Waals surface area contributed by atoms with Gasteiger partial charge >= 0.3 is 0 Å². The van der Waals surface area contributed by atoms with Gasteiger partial charge in [0.25, 0.3) is 0 Å². The maximum absolute atomic E-state index is 13.4. The number of hydrogen-bond acceptors (Lipinski definition) is 2. The lowest BCUT2D eigenvalue weighted by Crippen LogP contribution is -1.98. The minimum absolute atomic E-state index is 0.385. The number of rotatable bonds is 2. The van der Waals surface area contributed by atoms with Gasteiger partial charge in [0.1, 0.15) is 0 Å². The first-order valence-corrected chi connectivity index (χ1v) is 6.26. The molecular formula is C14H9F2N3S. The fraction of sp³-hybridized carbons (Fsp3) is 0. The summed E-state index contributed by atoms with van der Waals surface area (Å²) in [5, 5.41) is 6.76. The molecule has 0 saturated carbocycles. The lowest BCUT2D eigenvalue weighted by molar-refractivity contribution is 0.509. The number of aromatic amines is 1. The van der Waals surface area contributed by atoms with Gasteiger partial charge in [0.15, 0.2) is 22.2 Å². The topological polar surface area (TPSA) is 33.6 Å². The van der Waals surface area contributed by atoms with E-state index in [2.05, 4.69) is 10.2 Å². The zero-order valence-corrected chi connectivity index (χ0v) is 11.0. The Morgan fingerprint density at radius 1 is 1.00 bits per heavy atom. The third-order valence-corrected chi connectivity index (χ3v) is 3.14. The molecule has 20 heavy (non-hydrogen) atoms. The van der Waals surface area contributed by atoms with Crippen molar-refractivity contribution in [2.24, 2.45) is 0 Å². The second-order valence-corrected chi connectivity index (χ2v) is 4.54. The van der Waals surface area contributed by atoms with Crippen molar-refractivity contribution in [3.63, 3.8) is 0 Å². The highest BCUT2D eigenvalue weighted by atomic mass is 32.1. The van der Waals surface area contributed by atoms with Crippen LogP contribution in [0.15, 0.2) is 48.5 Å². The van der Waals surface area contributed by atoms with Crippen LogP contribution in [-0.4, -0.2) is 14.8 Å². The van der Waals surface area contributed by atoms with Crippen LogP contribution >= 0.6 is 12.2 Å². The van der Waals surface area contributed by atoms with Crippen molar-refractivity contribution in [1.82, 2.24) is 14.8 Å². The van der Waals surface area contributed by atoms with E-state index in [1.54, 1.807) is 4.57 Å². The van der Waals surface area contributed by atoms with Crippen molar-refractivity contribution in [3.8, 4) is 17.1 Å². The molecule has 3 aromatic rings. The third-order valence-electron chi connectivity index (χ3n) is 2.86. The Labute approximate surface area is 118 Å². The summed E-state index contributed by atoms with van der Waals surface area (Å²) in [5.41, 5.74) is 1.24. The van der Waals surface area contributed by atoms with Crippen LogP contribution in [0.1, 0.15) is 0 Å². The maximum atomic E-state index is 13.4. The quantitative estimate of drug-likeness (QED) is 0.726. The number of aromatic nitrogens is 3. The molecule has 0 aliphatic carbocycles. The number of benzene rings is 2. The summed E-state index contributed by atoms with van der Waals surface area (Å²) in [6.45, 7) is 0. The van der Waals surface area contributed by atoms with E-state index in [0.717, 1.165) is 17.8 Å². The van der Waals surface area contributed by atoms with E-state index in [9.17, 15) is 8.78 Å². The minimum Gasteiger partial charge on any atom is -0.268 e. The number of nitrogens with one attached hydrogen (secondary N) is 1. The molecule has 1 N–H and O–H groups in total. The van der Waals surface area contributed by atoms with E-state index in [0.29, 0.717) is 16.2 Å². The average Bonchev–Trinajstić information content (AvgIpc) is 2.85. The molecule has 0 unspecified atom stereocenters. The van der Waals surface area contributed by atoms with Crippen LogP contribution in [0.3, 0.4) is 0 Å². The van der Waals surface area contributed by atoms with Gasteiger partial charge in [0.2, 0.25) is 0 Å². The highest BCUT2D eigenvalue weighted by molar-refractivity contribution is 7.71. The Hall–Kier alpha value is -2.34. The molecule has 6 heteroatoms. The van der Waals surface area contributed by atoms with Crippen LogP contribution in [-0.2, 0) is 0 Å². The van der Waals surface area contributed by atoms with E-state index in [4.69, 9.17) is 12.2 Å². The first kappa shape index (κ1) is 12.7. The van der Waals surface area contributed by atoms with E-state index < -0.39 is 11.6 Å². The van der Waals surface area contributed by atoms with E-state index in [-0.39, 0.29) is 0 Å². The molecule has 0 aliphatic rings. The van der Waals surface area contributed by atoms with Crippen LogP contribution in [0, 0.1) is 16.4 Å². The summed E-state index contributed by atoms with van der Waals surface area (Å²) >= 11 is 5.19. The first-order chi connectivity index (χ1) is 9.66. The monoisotopic (exact) mass is 289 g/mol. The van der Waals surface area contributed by atoms with Gasteiger partial charge in [-0.15, -0.1) is 0 Å². The average molecular weight is 289 g/mol. The van der Waals surface area contributed by atoms with Gasteiger partial charge in [-0.05, 0) is 42.5 Å². The Morgan fingerprint density at radius 3 is 2.45 bits per heavy atom. The van der Waals surface area contributed by atoms with Gasteiger partial charge in [-0.1, -0.05) is 18.2 Å². The number of nitrogens with zero attached hydrogens (tertiary/aromatic N) is 2. The van der Waals surface area contributed by atoms with Gasteiger partial charge in [-0.25, -0.2) is 8.78 Å². The molecule has 3 nitrogen and oxygen atoms in total. The summed E-state index contributed by atoms with van der Waals surface area (Å²) < 4.78 is 28.4. The van der Waals surface area contributed by atoms with Crippen LogP contribution in [0.4, 0.5) is 8.78 Å². The van der Waals surface area contributed by atoms with E-state index >= 15 is 0 Å². The maximum Gasteiger partial charge on any atom is 0.200 e. The standard InChI is InChI=1S/C14H9F2N3S/c15-11-7-6-9(8-12(11)16)13-17-18-14(20)19(13)10-4-2-1-3-5-10/h1-8H,(H,18,20). The van der Waals surface area contributed by atoms with Gasteiger partial charge < -0.3 is 0 Å². The smallest absolute Gasteiger partial charge is 0.200 e. The fourth-order valence-corrected chi connectivity index (χ4v) is 2.18. The van der Waals surface area contributed by atoms with Crippen LogP contribution in [0.25, 0.3) is 17.1 Å². The zero-order chi connectivity index (χ0) is 14.1. The summed E-state index contributed by atoms with van der Waals surface area (Å²) in [7, 11) is 0. The molecular weight excluding hydrogens is 280 g/mol. The van der Waals surface area contributed by atoms with Crippen LogP contribution < -0.4 is 0 Å². The number of H-pyrrole nitrogens is 1. The molecule has 2 aromatic carbocycles. The van der Waals surface area contributed by atoms with Crippen molar-refractivity contribution < 1.29 is 8.78 Å².